The highest BCUT2D eigenvalue weighted by atomic mass is 16.5. The number of esters is 1. The Morgan fingerprint density at radius 3 is 2.45 bits per heavy atom. The maximum absolute atomic E-state index is 13.2. The lowest BCUT2D eigenvalue weighted by Gasteiger charge is -2.39. The summed E-state index contributed by atoms with van der Waals surface area (Å²) >= 11 is 0. The predicted octanol–water partition coefficient (Wildman–Crippen LogP) is 3.15. The van der Waals surface area contributed by atoms with E-state index in [9.17, 15) is 19.5 Å². The number of hydrogen-bond donors (Lipinski definition) is 1. The van der Waals surface area contributed by atoms with Crippen molar-refractivity contribution in [3.05, 3.63) is 35.9 Å². The molecule has 3 fully saturated rings. The van der Waals surface area contributed by atoms with Gasteiger partial charge in [-0.15, -0.1) is 0 Å². The quantitative estimate of drug-likeness (QED) is 0.788. The zero-order valence-corrected chi connectivity index (χ0v) is 16.6. The van der Waals surface area contributed by atoms with Gasteiger partial charge in [0.1, 0.15) is 6.10 Å². The van der Waals surface area contributed by atoms with Gasteiger partial charge in [-0.2, -0.15) is 0 Å². The SMILES string of the molecule is O=C(O[C@H]1CC[C@@H](N2CC[C@]3(CCCN(C(=O)O)C3)C2=O)CC1)c1ccccc1. The first-order valence-corrected chi connectivity index (χ1v) is 10.5. The fraction of sp³-hybridized carbons (Fsp3) is 0.591. The molecule has 1 saturated carbocycles. The molecule has 1 spiro atoms. The van der Waals surface area contributed by atoms with Crippen molar-refractivity contribution in [2.24, 2.45) is 5.41 Å². The van der Waals surface area contributed by atoms with Crippen molar-refractivity contribution in [2.75, 3.05) is 19.6 Å². The van der Waals surface area contributed by atoms with E-state index in [-0.39, 0.29) is 24.0 Å². The molecule has 1 aliphatic carbocycles. The topological polar surface area (TPSA) is 87.2 Å². The number of hydrogen-bond acceptors (Lipinski definition) is 4. The molecule has 7 nitrogen and oxygen atoms in total. The molecule has 1 aromatic carbocycles. The molecule has 2 amide bonds. The number of benzene rings is 1. The Kier molecular flexibility index (Phi) is 5.48. The van der Waals surface area contributed by atoms with Gasteiger partial charge in [0.05, 0.1) is 11.0 Å². The highest BCUT2D eigenvalue weighted by molar-refractivity contribution is 5.89. The van der Waals surface area contributed by atoms with Crippen LogP contribution in [0.1, 0.15) is 55.3 Å². The van der Waals surface area contributed by atoms with Gasteiger partial charge in [0.2, 0.25) is 5.91 Å². The predicted molar refractivity (Wildman–Crippen MR) is 105 cm³/mol. The minimum Gasteiger partial charge on any atom is -0.465 e. The molecule has 7 heteroatoms. The minimum atomic E-state index is -0.934. The van der Waals surface area contributed by atoms with E-state index in [0.717, 1.165) is 44.9 Å². The Balaban J connectivity index is 1.32. The fourth-order valence-electron chi connectivity index (χ4n) is 5.14. The molecule has 1 aromatic rings. The van der Waals surface area contributed by atoms with Crippen LogP contribution in [-0.4, -0.2) is 64.7 Å². The summed E-state index contributed by atoms with van der Waals surface area (Å²) in [6.45, 7) is 1.54. The maximum atomic E-state index is 13.2. The van der Waals surface area contributed by atoms with Crippen molar-refractivity contribution in [1.29, 1.82) is 0 Å². The van der Waals surface area contributed by atoms with E-state index >= 15 is 0 Å². The molecule has 29 heavy (non-hydrogen) atoms. The molecule has 0 unspecified atom stereocenters. The standard InChI is InChI=1S/C22H28N2O5/c25-19(16-5-2-1-3-6-16)29-18-9-7-17(8-10-18)24-14-12-22(20(24)26)11-4-13-23(15-22)21(27)28/h1-3,5-6,17-18H,4,7-15H2,(H,27,28)/t17-,18+,22-/m0/s1. The number of amides is 2. The summed E-state index contributed by atoms with van der Waals surface area (Å²) in [5.41, 5.74) is 0.0272. The molecule has 2 saturated heterocycles. The number of ether oxygens (including phenoxy) is 1. The number of carbonyl (C=O) groups is 3. The highest BCUT2D eigenvalue weighted by Gasteiger charge is 2.51. The van der Waals surface area contributed by atoms with Gasteiger partial charge < -0.3 is 19.6 Å². The summed E-state index contributed by atoms with van der Waals surface area (Å²) in [4.78, 5) is 40.2. The van der Waals surface area contributed by atoms with Crippen LogP contribution in [-0.2, 0) is 9.53 Å². The number of nitrogens with zero attached hydrogens (tertiary/aromatic N) is 2. The third kappa shape index (κ3) is 3.95. The number of rotatable bonds is 3. The van der Waals surface area contributed by atoms with E-state index in [2.05, 4.69) is 0 Å². The van der Waals surface area contributed by atoms with Gasteiger partial charge in [0, 0.05) is 25.7 Å². The lowest BCUT2D eigenvalue weighted by atomic mass is 9.78. The first-order valence-electron chi connectivity index (χ1n) is 10.5. The number of carbonyl (C=O) groups excluding carboxylic acids is 2. The Morgan fingerprint density at radius 1 is 1.03 bits per heavy atom. The molecule has 4 rings (SSSR count). The Bertz CT molecular complexity index is 775. The molecule has 2 heterocycles. The largest absolute Gasteiger partial charge is 0.465 e. The Morgan fingerprint density at radius 2 is 1.76 bits per heavy atom. The number of carboxylic acid groups (broad SMARTS) is 1. The van der Waals surface area contributed by atoms with Crippen LogP contribution < -0.4 is 0 Å². The van der Waals surface area contributed by atoms with Crippen LogP contribution in [0.25, 0.3) is 0 Å². The van der Waals surface area contributed by atoms with Gasteiger partial charge in [-0.3, -0.25) is 4.79 Å². The first kappa shape index (κ1) is 19.7. The van der Waals surface area contributed by atoms with Crippen LogP contribution in [0.15, 0.2) is 30.3 Å². The van der Waals surface area contributed by atoms with E-state index in [1.54, 1.807) is 12.1 Å². The lowest BCUT2D eigenvalue weighted by molar-refractivity contribution is -0.141. The maximum Gasteiger partial charge on any atom is 0.407 e. The molecule has 2 aliphatic heterocycles. The van der Waals surface area contributed by atoms with Gasteiger partial charge in [-0.25, -0.2) is 9.59 Å². The van der Waals surface area contributed by atoms with Gasteiger partial charge >= 0.3 is 12.1 Å². The normalized spacial score (nSPS) is 29.9. The summed E-state index contributed by atoms with van der Waals surface area (Å²) in [6.07, 6.45) is 4.35. The Labute approximate surface area is 170 Å². The lowest BCUT2D eigenvalue weighted by Crippen LogP contribution is -2.51. The summed E-state index contributed by atoms with van der Waals surface area (Å²) in [7, 11) is 0. The molecule has 0 aromatic heterocycles. The number of likely N-dealkylation sites (tertiary alicyclic amines) is 2. The minimum absolute atomic E-state index is 0.109. The van der Waals surface area contributed by atoms with Gasteiger partial charge in [0.25, 0.3) is 0 Å². The molecular weight excluding hydrogens is 372 g/mol. The molecule has 0 bridgehead atoms. The van der Waals surface area contributed by atoms with Gasteiger partial charge in [-0.1, -0.05) is 18.2 Å². The van der Waals surface area contributed by atoms with Crippen LogP contribution in [0.3, 0.4) is 0 Å². The van der Waals surface area contributed by atoms with Crippen LogP contribution >= 0.6 is 0 Å². The first-order chi connectivity index (χ1) is 14.0. The van der Waals surface area contributed by atoms with Crippen molar-refractivity contribution < 1.29 is 24.2 Å². The zero-order chi connectivity index (χ0) is 20.4. The second-order valence-electron chi connectivity index (χ2n) is 8.54. The fourth-order valence-corrected chi connectivity index (χ4v) is 5.14. The summed E-state index contributed by atoms with van der Waals surface area (Å²) in [5, 5.41) is 9.33. The van der Waals surface area contributed by atoms with Crippen LogP contribution in [0, 0.1) is 5.41 Å². The average molecular weight is 400 g/mol. The van der Waals surface area contributed by atoms with Crippen molar-refractivity contribution in [2.45, 2.75) is 57.1 Å². The Hall–Kier alpha value is -2.57. The van der Waals surface area contributed by atoms with Gasteiger partial charge in [-0.05, 0) is 57.1 Å². The van der Waals surface area contributed by atoms with E-state index in [0.29, 0.717) is 25.2 Å². The average Bonchev–Trinajstić information content (AvgIpc) is 3.05. The third-order valence-electron chi connectivity index (χ3n) is 6.76. The molecular formula is C22H28N2O5. The van der Waals surface area contributed by atoms with E-state index in [4.69, 9.17) is 4.74 Å². The van der Waals surface area contributed by atoms with Crippen molar-refractivity contribution in [3.63, 3.8) is 0 Å². The third-order valence-corrected chi connectivity index (χ3v) is 6.76. The molecule has 1 N–H and O–H groups in total. The van der Waals surface area contributed by atoms with Crippen LogP contribution in [0.4, 0.5) is 4.79 Å². The van der Waals surface area contributed by atoms with E-state index < -0.39 is 11.5 Å². The second kappa shape index (κ2) is 8.05. The monoisotopic (exact) mass is 400 g/mol. The molecule has 156 valence electrons. The van der Waals surface area contributed by atoms with Crippen LogP contribution in [0.2, 0.25) is 0 Å². The van der Waals surface area contributed by atoms with Crippen molar-refractivity contribution in [3.8, 4) is 0 Å². The summed E-state index contributed by atoms with van der Waals surface area (Å²) in [5.74, 6) is -0.172. The van der Waals surface area contributed by atoms with Gasteiger partial charge in [0.15, 0.2) is 0 Å². The molecule has 3 aliphatic rings. The van der Waals surface area contributed by atoms with Crippen molar-refractivity contribution >= 4 is 18.0 Å². The summed E-state index contributed by atoms with van der Waals surface area (Å²) in [6, 6.07) is 9.16. The van der Waals surface area contributed by atoms with Crippen LogP contribution in [0.5, 0.6) is 0 Å². The molecule has 0 radical (unpaired) electrons. The van der Waals surface area contributed by atoms with E-state index in [1.165, 1.54) is 4.90 Å². The molecule has 1 atom stereocenters. The number of piperidine rings is 1. The summed E-state index contributed by atoms with van der Waals surface area (Å²) < 4.78 is 5.65. The highest BCUT2D eigenvalue weighted by Crippen LogP contribution is 2.42. The second-order valence-corrected chi connectivity index (χ2v) is 8.54. The zero-order valence-electron chi connectivity index (χ0n) is 16.6. The van der Waals surface area contributed by atoms with Crippen molar-refractivity contribution in [1.82, 2.24) is 9.80 Å². The van der Waals surface area contributed by atoms with E-state index in [1.807, 2.05) is 23.1 Å². The smallest absolute Gasteiger partial charge is 0.407 e.